The number of ether oxygens (including phenoxy) is 2. The summed E-state index contributed by atoms with van der Waals surface area (Å²) < 4.78 is 13.8. The average molecular weight is 645 g/mol. The van der Waals surface area contributed by atoms with E-state index in [1.807, 2.05) is 37.8 Å². The lowest BCUT2D eigenvalue weighted by Crippen LogP contribution is -2.55. The van der Waals surface area contributed by atoms with E-state index >= 15 is 0 Å². The van der Waals surface area contributed by atoms with E-state index in [1.54, 1.807) is 42.4 Å². The first-order chi connectivity index (χ1) is 22.4. The number of rotatable bonds is 5. The minimum absolute atomic E-state index is 0.0188. The maximum Gasteiger partial charge on any atom is 0.415 e. The molecule has 1 aliphatic carbocycles. The molecule has 3 aliphatic heterocycles. The van der Waals surface area contributed by atoms with E-state index in [1.165, 1.54) is 6.42 Å². The summed E-state index contributed by atoms with van der Waals surface area (Å²) >= 11 is 0. The quantitative estimate of drug-likeness (QED) is 0.353. The van der Waals surface area contributed by atoms with Crippen LogP contribution >= 0.6 is 0 Å². The molecule has 3 aromatic rings. The van der Waals surface area contributed by atoms with E-state index < -0.39 is 17.3 Å². The molecule has 4 fully saturated rings. The Labute approximate surface area is 274 Å². The summed E-state index contributed by atoms with van der Waals surface area (Å²) in [5.74, 6) is 0.853. The van der Waals surface area contributed by atoms with Crippen LogP contribution in [0.15, 0.2) is 30.6 Å². The molecule has 1 saturated carbocycles. The van der Waals surface area contributed by atoms with Gasteiger partial charge in [-0.3, -0.25) is 9.69 Å². The fourth-order valence-electron chi connectivity index (χ4n) is 7.86. The Kier molecular flexibility index (Phi) is 7.75. The van der Waals surface area contributed by atoms with E-state index in [0.717, 1.165) is 49.6 Å². The predicted molar refractivity (Wildman–Crippen MR) is 176 cm³/mol. The first-order valence-corrected chi connectivity index (χ1v) is 16.7. The lowest BCUT2D eigenvalue weighted by molar-refractivity contribution is -0.0424. The van der Waals surface area contributed by atoms with Crippen LogP contribution in [-0.2, 0) is 9.47 Å². The molecule has 2 bridgehead atoms. The Morgan fingerprint density at radius 2 is 1.72 bits per heavy atom. The van der Waals surface area contributed by atoms with Gasteiger partial charge in [0.05, 0.1) is 18.4 Å². The van der Waals surface area contributed by atoms with Gasteiger partial charge in [0, 0.05) is 56.6 Å². The summed E-state index contributed by atoms with van der Waals surface area (Å²) in [5, 5.41) is 4.02. The minimum atomic E-state index is -0.651. The van der Waals surface area contributed by atoms with Gasteiger partial charge in [0.1, 0.15) is 28.4 Å². The molecular weight excluding hydrogens is 600 g/mol. The fraction of sp³-hybridized carbons (Fsp3) is 0.588. The highest BCUT2D eigenvalue weighted by atomic mass is 16.6. The van der Waals surface area contributed by atoms with E-state index in [-0.39, 0.29) is 30.1 Å². The molecule has 250 valence electrons. The number of nitrogens with one attached hydrogen (secondary N) is 1. The van der Waals surface area contributed by atoms with Gasteiger partial charge >= 0.3 is 12.2 Å². The molecule has 1 N–H and O–H groups in total. The molecule has 0 radical (unpaired) electrons. The van der Waals surface area contributed by atoms with Crippen molar-refractivity contribution in [1.82, 2.24) is 29.3 Å². The lowest BCUT2D eigenvalue weighted by atomic mass is 9.86. The van der Waals surface area contributed by atoms with Crippen LogP contribution in [0.2, 0.25) is 0 Å². The molecule has 3 amide bonds. The third-order valence-corrected chi connectivity index (χ3v) is 9.85. The summed E-state index contributed by atoms with van der Waals surface area (Å²) in [6, 6.07) is 5.68. The van der Waals surface area contributed by atoms with Gasteiger partial charge in [0.2, 0.25) is 5.95 Å². The van der Waals surface area contributed by atoms with Crippen molar-refractivity contribution in [2.24, 2.45) is 0 Å². The van der Waals surface area contributed by atoms with Gasteiger partial charge in [-0.2, -0.15) is 4.98 Å². The maximum atomic E-state index is 13.1. The van der Waals surface area contributed by atoms with Crippen LogP contribution in [0.5, 0.6) is 0 Å². The molecule has 13 heteroatoms. The molecule has 2 unspecified atom stereocenters. The Bertz CT molecular complexity index is 1680. The highest BCUT2D eigenvalue weighted by molar-refractivity contribution is 5.98. The average Bonchev–Trinajstić information content (AvgIpc) is 3.65. The first-order valence-electron chi connectivity index (χ1n) is 16.7. The van der Waals surface area contributed by atoms with Gasteiger partial charge < -0.3 is 29.2 Å². The van der Waals surface area contributed by atoms with E-state index in [4.69, 9.17) is 14.5 Å². The van der Waals surface area contributed by atoms with E-state index in [0.29, 0.717) is 42.5 Å². The minimum Gasteiger partial charge on any atom is -0.444 e. The molecule has 3 saturated heterocycles. The lowest BCUT2D eigenvalue weighted by Gasteiger charge is -2.43. The Morgan fingerprint density at radius 3 is 2.36 bits per heavy atom. The number of amides is 3. The second-order valence-corrected chi connectivity index (χ2v) is 14.7. The van der Waals surface area contributed by atoms with Crippen molar-refractivity contribution < 1.29 is 23.9 Å². The molecule has 1 spiro atoms. The van der Waals surface area contributed by atoms with Crippen molar-refractivity contribution in [3.8, 4) is 0 Å². The first kappa shape index (κ1) is 31.2. The molecule has 7 rings (SSSR count). The van der Waals surface area contributed by atoms with Gasteiger partial charge in [-0.1, -0.05) is 19.3 Å². The Hall–Kier alpha value is -4.42. The third-order valence-electron chi connectivity index (χ3n) is 9.85. The number of fused-ring (bicyclic) bond motifs is 3. The monoisotopic (exact) mass is 644 g/mol. The number of anilines is 3. The molecule has 2 atom stereocenters. The summed E-state index contributed by atoms with van der Waals surface area (Å²) in [6.07, 6.45) is 11.1. The number of pyridine rings is 1. The van der Waals surface area contributed by atoms with Crippen molar-refractivity contribution in [3.05, 3.63) is 36.3 Å². The van der Waals surface area contributed by atoms with Gasteiger partial charge in [-0.15, -0.1) is 0 Å². The van der Waals surface area contributed by atoms with Crippen LogP contribution in [0.25, 0.3) is 11.0 Å². The highest BCUT2D eigenvalue weighted by Gasteiger charge is 2.57. The predicted octanol–water partition coefficient (Wildman–Crippen LogP) is 6.03. The second kappa shape index (κ2) is 11.7. The van der Waals surface area contributed by atoms with Gasteiger partial charge in [-0.25, -0.2) is 19.6 Å². The van der Waals surface area contributed by atoms with Crippen LogP contribution in [0.4, 0.5) is 27.0 Å². The van der Waals surface area contributed by atoms with Gasteiger partial charge in [0.15, 0.2) is 0 Å². The molecule has 13 nitrogen and oxygen atoms in total. The Morgan fingerprint density at radius 1 is 1.00 bits per heavy atom. The standard InChI is InChI=1S/C34H44N8O5/c1-33(2,3)46-32(45)41-23-11-12-24(41)17-34(16-23)20-40(31(44)47-34)25-13-14-27(35-19-25)37-30-36-18-21-15-26(29(43)39(4)5)42(28(21)38-30)22-9-7-6-8-10-22/h13-15,18-19,22-24H,6-12,16-17,20H2,1-5H3,(H,35,36,37,38). The SMILES string of the molecule is CN(C)C(=O)c1cc2cnc(Nc3ccc(N4CC5(CC6CCC(C5)N6C(=O)OC(C)(C)C)OC4=O)cn3)nc2n1C1CCCCC1. The molecule has 4 aliphatic rings. The zero-order valence-electron chi connectivity index (χ0n) is 27.9. The van der Waals surface area contributed by atoms with Crippen LogP contribution in [0.3, 0.4) is 0 Å². The molecular formula is C34H44N8O5. The zero-order chi connectivity index (χ0) is 33.1. The van der Waals surface area contributed by atoms with Crippen LogP contribution < -0.4 is 10.2 Å². The number of hydrogen-bond donors (Lipinski definition) is 1. The van der Waals surface area contributed by atoms with E-state index in [9.17, 15) is 14.4 Å². The molecule has 3 aromatic heterocycles. The van der Waals surface area contributed by atoms with Crippen molar-refractivity contribution >= 4 is 46.6 Å². The fourth-order valence-corrected chi connectivity index (χ4v) is 7.86. The molecule has 6 heterocycles. The van der Waals surface area contributed by atoms with Crippen molar-refractivity contribution in [3.63, 3.8) is 0 Å². The normalized spacial score (nSPS) is 24.6. The number of piperidine rings is 1. The summed E-state index contributed by atoms with van der Waals surface area (Å²) in [6.45, 7) is 6.02. The number of aromatic nitrogens is 4. The van der Waals surface area contributed by atoms with Gasteiger partial charge in [0.25, 0.3) is 5.91 Å². The van der Waals surface area contributed by atoms with Crippen molar-refractivity contribution in [2.75, 3.05) is 30.9 Å². The molecule has 47 heavy (non-hydrogen) atoms. The van der Waals surface area contributed by atoms with E-state index in [2.05, 4.69) is 19.9 Å². The van der Waals surface area contributed by atoms with Crippen molar-refractivity contribution in [2.45, 2.75) is 108 Å². The largest absolute Gasteiger partial charge is 0.444 e. The highest BCUT2D eigenvalue weighted by Crippen LogP contribution is 2.46. The Balaban J connectivity index is 1.06. The van der Waals surface area contributed by atoms with Crippen molar-refractivity contribution in [1.29, 1.82) is 0 Å². The molecule has 0 aromatic carbocycles. The van der Waals surface area contributed by atoms with Gasteiger partial charge in [-0.05, 0) is 64.7 Å². The third kappa shape index (κ3) is 5.96. The summed E-state index contributed by atoms with van der Waals surface area (Å²) in [5.41, 5.74) is 0.777. The number of nitrogens with zero attached hydrogens (tertiary/aromatic N) is 7. The summed E-state index contributed by atoms with van der Waals surface area (Å²) in [7, 11) is 3.53. The van der Waals surface area contributed by atoms with Crippen LogP contribution in [0, 0.1) is 0 Å². The van der Waals surface area contributed by atoms with Crippen LogP contribution in [0.1, 0.15) is 95.1 Å². The smallest absolute Gasteiger partial charge is 0.415 e. The number of hydrogen-bond acceptors (Lipinski definition) is 9. The maximum absolute atomic E-state index is 13.1. The van der Waals surface area contributed by atoms with Crippen LogP contribution in [-0.4, -0.2) is 91.3 Å². The number of carbonyl (C=O) groups excluding carboxylic acids is 3. The topological polar surface area (TPSA) is 135 Å². The summed E-state index contributed by atoms with van der Waals surface area (Å²) in [4.78, 5) is 58.2. The number of carbonyl (C=O) groups is 3. The zero-order valence-corrected chi connectivity index (χ0v) is 27.9. The second-order valence-electron chi connectivity index (χ2n) is 14.7.